The van der Waals surface area contributed by atoms with Gasteiger partial charge in [0.2, 0.25) is 0 Å². The molecule has 0 aliphatic carbocycles. The zero-order valence-corrected chi connectivity index (χ0v) is 12.3. The van der Waals surface area contributed by atoms with Gasteiger partial charge in [0.1, 0.15) is 10.8 Å². The fourth-order valence-electron chi connectivity index (χ4n) is 1.92. The average Bonchev–Trinajstić information content (AvgIpc) is 3.00. The fraction of sp³-hybridized carbons (Fsp3) is 0.462. The largest absolute Gasteiger partial charge is 0.495 e. The summed E-state index contributed by atoms with van der Waals surface area (Å²) in [6.45, 7) is 1.05. The summed E-state index contributed by atoms with van der Waals surface area (Å²) >= 11 is 6.23. The van der Waals surface area contributed by atoms with Gasteiger partial charge in [-0.25, -0.2) is 4.79 Å². The third-order valence-corrected chi connectivity index (χ3v) is 3.35. The van der Waals surface area contributed by atoms with E-state index in [0.717, 1.165) is 5.56 Å². The number of rotatable bonds is 3. The maximum Gasteiger partial charge on any atom is 0.413 e. The Morgan fingerprint density at radius 3 is 2.55 bits per heavy atom. The fourth-order valence-corrected chi connectivity index (χ4v) is 2.23. The second-order valence-electron chi connectivity index (χ2n) is 4.16. The minimum Gasteiger partial charge on any atom is -0.495 e. The van der Waals surface area contributed by atoms with E-state index in [1.165, 1.54) is 19.1 Å². The van der Waals surface area contributed by atoms with E-state index in [0.29, 0.717) is 29.7 Å². The lowest BCUT2D eigenvalue weighted by Crippen LogP contribution is -2.26. The van der Waals surface area contributed by atoms with Crippen LogP contribution in [0.5, 0.6) is 5.75 Å². The number of methoxy groups -OCH3 is 2. The minimum atomic E-state index is -0.528. The van der Waals surface area contributed by atoms with Gasteiger partial charge in [0, 0.05) is 12.6 Å². The van der Waals surface area contributed by atoms with Crippen molar-refractivity contribution in [3.63, 3.8) is 0 Å². The summed E-state index contributed by atoms with van der Waals surface area (Å²) in [5.41, 5.74) is 1.20. The van der Waals surface area contributed by atoms with Crippen LogP contribution in [-0.4, -0.2) is 40.6 Å². The third kappa shape index (κ3) is 2.82. The molecule has 1 aromatic carbocycles. The highest BCUT2D eigenvalue weighted by Gasteiger charge is 2.24. The number of anilines is 1. The Hall–Kier alpha value is -1.50. The number of carbonyl (C=O) groups excluding carboxylic acids is 1. The van der Waals surface area contributed by atoms with E-state index in [1.807, 2.05) is 0 Å². The van der Waals surface area contributed by atoms with Crippen LogP contribution in [0.25, 0.3) is 0 Å². The van der Waals surface area contributed by atoms with Gasteiger partial charge in [-0.05, 0) is 12.1 Å². The molecule has 0 saturated carbocycles. The molecule has 0 bridgehead atoms. The molecule has 1 saturated heterocycles. The van der Waals surface area contributed by atoms with Crippen molar-refractivity contribution in [2.24, 2.45) is 0 Å². The maximum atomic E-state index is 11.6. The molecule has 1 aromatic rings. The minimum absolute atomic E-state index is 0.321. The first kappa shape index (κ1) is 14.9. The molecular weight excluding hydrogens is 286 g/mol. The second-order valence-corrected chi connectivity index (χ2v) is 4.54. The van der Waals surface area contributed by atoms with Crippen LogP contribution in [0.15, 0.2) is 12.1 Å². The van der Waals surface area contributed by atoms with Crippen LogP contribution >= 0.6 is 11.6 Å². The van der Waals surface area contributed by atoms with Crippen molar-refractivity contribution in [2.45, 2.75) is 6.29 Å². The van der Waals surface area contributed by atoms with Crippen molar-refractivity contribution < 1.29 is 23.7 Å². The summed E-state index contributed by atoms with van der Waals surface area (Å²) in [7, 11) is 4.37. The molecule has 1 heterocycles. The van der Waals surface area contributed by atoms with Gasteiger partial charge in [-0.15, -0.1) is 0 Å². The highest BCUT2D eigenvalue weighted by Crippen LogP contribution is 2.39. The Bertz CT molecular complexity index is 502. The summed E-state index contributed by atoms with van der Waals surface area (Å²) in [6, 6.07) is 3.45. The van der Waals surface area contributed by atoms with Crippen molar-refractivity contribution in [2.75, 3.05) is 39.4 Å². The summed E-state index contributed by atoms with van der Waals surface area (Å²) < 4.78 is 20.8. The number of ether oxygens (including phenoxy) is 4. The summed E-state index contributed by atoms with van der Waals surface area (Å²) in [5, 5.41) is 0.321. The number of hydrogen-bond acceptors (Lipinski definition) is 5. The van der Waals surface area contributed by atoms with E-state index in [2.05, 4.69) is 4.74 Å². The zero-order chi connectivity index (χ0) is 14.7. The molecule has 0 unspecified atom stereocenters. The maximum absolute atomic E-state index is 11.6. The lowest BCUT2D eigenvalue weighted by atomic mass is 10.1. The van der Waals surface area contributed by atoms with Crippen molar-refractivity contribution >= 4 is 23.4 Å². The van der Waals surface area contributed by atoms with Gasteiger partial charge in [-0.1, -0.05) is 11.6 Å². The van der Waals surface area contributed by atoms with Gasteiger partial charge < -0.3 is 18.9 Å². The van der Waals surface area contributed by atoms with Crippen LogP contribution in [0.2, 0.25) is 5.02 Å². The standard InChI is InChI=1S/C13H16ClNO5/c1-15(13(16)18-3)9-6-8(12-19-4-5-20-12)7-10(17-2)11(9)14/h6-7,12H,4-5H2,1-3H3. The van der Waals surface area contributed by atoms with E-state index in [4.69, 9.17) is 25.8 Å². The number of carbonyl (C=O) groups is 1. The molecule has 1 amide bonds. The van der Waals surface area contributed by atoms with Gasteiger partial charge in [-0.2, -0.15) is 0 Å². The molecule has 1 fully saturated rings. The van der Waals surface area contributed by atoms with E-state index in [9.17, 15) is 4.79 Å². The summed E-state index contributed by atoms with van der Waals surface area (Å²) in [4.78, 5) is 12.9. The second kappa shape index (κ2) is 6.30. The van der Waals surface area contributed by atoms with E-state index < -0.39 is 12.4 Å². The number of halogens is 1. The van der Waals surface area contributed by atoms with Crippen molar-refractivity contribution in [3.8, 4) is 5.75 Å². The van der Waals surface area contributed by atoms with Crippen molar-refractivity contribution in [1.29, 1.82) is 0 Å². The lowest BCUT2D eigenvalue weighted by Gasteiger charge is -2.21. The van der Waals surface area contributed by atoms with Gasteiger partial charge in [0.05, 0.1) is 33.1 Å². The van der Waals surface area contributed by atoms with Gasteiger partial charge >= 0.3 is 6.09 Å². The van der Waals surface area contributed by atoms with E-state index in [1.54, 1.807) is 19.2 Å². The molecular formula is C13H16ClNO5. The number of benzene rings is 1. The van der Waals surface area contributed by atoms with Gasteiger partial charge in [0.15, 0.2) is 6.29 Å². The first-order chi connectivity index (χ1) is 9.58. The monoisotopic (exact) mass is 301 g/mol. The number of hydrogen-bond donors (Lipinski definition) is 0. The van der Waals surface area contributed by atoms with Crippen LogP contribution in [-0.2, 0) is 14.2 Å². The Morgan fingerprint density at radius 1 is 1.35 bits per heavy atom. The molecule has 20 heavy (non-hydrogen) atoms. The number of nitrogens with zero attached hydrogens (tertiary/aromatic N) is 1. The summed E-state index contributed by atoms with van der Waals surface area (Å²) in [5.74, 6) is 0.439. The molecule has 0 aromatic heterocycles. The predicted octanol–water partition coefficient (Wildman–Crippen LogP) is 2.60. The SMILES string of the molecule is COC(=O)N(C)c1cc(C2OCCO2)cc(OC)c1Cl. The topological polar surface area (TPSA) is 57.2 Å². The first-order valence-electron chi connectivity index (χ1n) is 6.00. The van der Waals surface area contributed by atoms with Crippen LogP contribution in [0.4, 0.5) is 10.5 Å². The quantitative estimate of drug-likeness (QED) is 0.859. The third-order valence-electron chi connectivity index (χ3n) is 2.97. The molecule has 1 aliphatic rings. The molecule has 0 radical (unpaired) electrons. The molecule has 7 heteroatoms. The molecule has 0 N–H and O–H groups in total. The Morgan fingerprint density at radius 2 is 2.00 bits per heavy atom. The normalized spacial score (nSPS) is 15.2. The van der Waals surface area contributed by atoms with E-state index >= 15 is 0 Å². The molecule has 0 spiro atoms. The Balaban J connectivity index is 2.43. The molecule has 1 aliphatic heterocycles. The van der Waals surface area contributed by atoms with Crippen molar-refractivity contribution in [1.82, 2.24) is 0 Å². The zero-order valence-electron chi connectivity index (χ0n) is 11.5. The van der Waals surface area contributed by atoms with Crippen LogP contribution in [0.1, 0.15) is 11.9 Å². The lowest BCUT2D eigenvalue weighted by molar-refractivity contribution is -0.0441. The number of amides is 1. The van der Waals surface area contributed by atoms with Gasteiger partial charge in [0.25, 0.3) is 0 Å². The molecule has 6 nitrogen and oxygen atoms in total. The molecule has 110 valence electrons. The van der Waals surface area contributed by atoms with E-state index in [-0.39, 0.29) is 0 Å². The first-order valence-corrected chi connectivity index (χ1v) is 6.38. The summed E-state index contributed by atoms with van der Waals surface area (Å²) in [6.07, 6.45) is -1.01. The van der Waals surface area contributed by atoms with Crippen LogP contribution < -0.4 is 9.64 Å². The van der Waals surface area contributed by atoms with Crippen LogP contribution in [0.3, 0.4) is 0 Å². The van der Waals surface area contributed by atoms with Gasteiger partial charge in [-0.3, -0.25) is 4.90 Å². The Kier molecular flexibility index (Phi) is 4.69. The molecule has 2 rings (SSSR count). The smallest absolute Gasteiger partial charge is 0.413 e. The average molecular weight is 302 g/mol. The molecule has 0 atom stereocenters. The van der Waals surface area contributed by atoms with Crippen LogP contribution in [0, 0.1) is 0 Å². The predicted molar refractivity (Wildman–Crippen MR) is 73.5 cm³/mol. The highest BCUT2D eigenvalue weighted by molar-refractivity contribution is 6.35. The Labute approximate surface area is 122 Å². The highest BCUT2D eigenvalue weighted by atomic mass is 35.5. The van der Waals surface area contributed by atoms with Crippen molar-refractivity contribution in [3.05, 3.63) is 22.7 Å².